The van der Waals surface area contributed by atoms with Crippen LogP contribution in [0.5, 0.6) is 11.5 Å². The lowest BCUT2D eigenvalue weighted by Gasteiger charge is -2.45. The molecule has 2 aliphatic rings. The summed E-state index contributed by atoms with van der Waals surface area (Å²) in [5, 5.41) is 24.9. The second-order valence-corrected chi connectivity index (χ2v) is 20.2. The van der Waals surface area contributed by atoms with E-state index in [1.165, 1.54) is 11.7 Å². The number of carbonyl (C=O) groups excluding carboxylic acids is 3. The number of fused-ring (bicyclic) bond motifs is 2. The number of hydrogen-bond acceptors (Lipinski definition) is 12. The van der Waals surface area contributed by atoms with Crippen LogP contribution in [0.1, 0.15) is 59.4 Å². The molecule has 1 saturated heterocycles. The molecule has 4 aromatic carbocycles. The standard InChI is InChI=1S/C56H68F3N8O8Si/c1-37(2)56(76)54(71)64-43(33-68)28-40-15-17-45(31-50(40)66(56)4)75-34-39-13-11-38(12-14-39)32-62-52(69)35-74-27-26-73-25-22-61-53(70)41-16-18-48(51(29-41)72-5)60-21-7-8-44-30-46-47(63-42-19-23-65(3)24-20-42)9-6-10-49(46)67(44)36-55(57,58)59/h6,9-18,29-31,37,42-43,60,63,68H,19-28,32-36H2,1-5H3,(H,61,70)(H,62,69)(H,64,71)/t43-,56-/m0/s1. The van der Waals surface area contributed by atoms with Crippen molar-refractivity contribution in [2.24, 2.45) is 5.92 Å². The van der Waals surface area contributed by atoms with Gasteiger partial charge in [-0.1, -0.05) is 56.2 Å². The molecule has 3 amide bonds. The van der Waals surface area contributed by atoms with E-state index in [1.807, 2.05) is 74.3 Å². The highest BCUT2D eigenvalue weighted by Crippen LogP contribution is 2.36. The number of piperidine rings is 1. The summed E-state index contributed by atoms with van der Waals surface area (Å²) in [6.07, 6.45) is -2.08. The number of aliphatic hydroxyl groups excluding tert-OH is 1. The molecule has 405 valence electrons. The number of alkyl halides is 3. The number of anilines is 3. The normalized spacial score (nSPS) is 17.2. The largest absolute Gasteiger partial charge is 0.495 e. The molecule has 3 heterocycles. The molecule has 20 heteroatoms. The van der Waals surface area contributed by atoms with Gasteiger partial charge >= 0.3 is 6.18 Å². The first-order chi connectivity index (χ1) is 36.4. The molecule has 0 aliphatic carbocycles. The number of rotatable bonds is 22. The van der Waals surface area contributed by atoms with Gasteiger partial charge in [-0.05, 0) is 110 Å². The van der Waals surface area contributed by atoms with Crippen LogP contribution in [0.4, 0.5) is 30.2 Å². The molecule has 0 saturated carbocycles. The average Bonchev–Trinajstić information content (AvgIpc) is 3.75. The first-order valence-electron chi connectivity index (χ1n) is 25.4. The van der Waals surface area contributed by atoms with Crippen LogP contribution >= 0.6 is 0 Å². The summed E-state index contributed by atoms with van der Waals surface area (Å²) >= 11 is 0. The molecule has 2 atom stereocenters. The molecule has 7 rings (SSSR count). The molecule has 0 bridgehead atoms. The minimum atomic E-state index is -4.44. The number of carbonyl (C=O) groups is 3. The van der Waals surface area contributed by atoms with Gasteiger partial charge in [-0.2, -0.15) is 13.2 Å². The minimum Gasteiger partial charge on any atom is -0.495 e. The highest BCUT2D eigenvalue weighted by atomic mass is 28.1. The average molecular weight is 1070 g/mol. The van der Waals surface area contributed by atoms with Crippen LogP contribution < -0.4 is 41.0 Å². The third kappa shape index (κ3) is 15.0. The molecule has 1 aromatic heterocycles. The second-order valence-electron chi connectivity index (χ2n) is 19.4. The first kappa shape index (κ1) is 57.0. The molecule has 0 spiro atoms. The molecule has 6 N–H and O–H groups in total. The number of hydrogen-bond donors (Lipinski definition) is 6. The number of nitrogens with zero attached hydrogens (tertiary/aromatic N) is 3. The lowest BCUT2D eigenvalue weighted by Crippen LogP contribution is -2.64. The summed E-state index contributed by atoms with van der Waals surface area (Å²) in [4.78, 5) is 42.9. The fraction of sp³-hybridized carbons (Fsp3) is 0.446. The van der Waals surface area contributed by atoms with E-state index in [4.69, 9.17) is 18.9 Å². The lowest BCUT2D eigenvalue weighted by atomic mass is 9.94. The molecule has 2 aliphatic heterocycles. The third-order valence-corrected chi connectivity index (χ3v) is 14.8. The molecule has 16 nitrogen and oxygen atoms in total. The van der Waals surface area contributed by atoms with Crippen LogP contribution in [-0.2, 0) is 45.2 Å². The van der Waals surface area contributed by atoms with E-state index in [0.29, 0.717) is 53.2 Å². The molecule has 76 heavy (non-hydrogen) atoms. The van der Waals surface area contributed by atoms with Crippen LogP contribution in [0, 0.1) is 17.8 Å². The van der Waals surface area contributed by atoms with Crippen molar-refractivity contribution in [1.82, 2.24) is 25.4 Å². The van der Waals surface area contributed by atoms with Crippen molar-refractivity contribution in [3.63, 3.8) is 0 Å². The molecule has 1 fully saturated rings. The van der Waals surface area contributed by atoms with Gasteiger partial charge in [0.05, 0.1) is 73.3 Å². The fourth-order valence-corrected chi connectivity index (χ4v) is 9.41. The number of methoxy groups -OCH3 is 1. The molecular weight excluding hydrogens is 998 g/mol. The van der Waals surface area contributed by atoms with Gasteiger partial charge in [0.2, 0.25) is 11.8 Å². The highest BCUT2D eigenvalue weighted by molar-refractivity contribution is 6.30. The van der Waals surface area contributed by atoms with Crippen LogP contribution in [-0.4, -0.2) is 146 Å². The van der Waals surface area contributed by atoms with E-state index in [-0.39, 0.29) is 81.5 Å². The van der Waals surface area contributed by atoms with Crippen LogP contribution in [0.25, 0.3) is 10.9 Å². The van der Waals surface area contributed by atoms with Crippen molar-refractivity contribution >= 4 is 55.9 Å². The quantitative estimate of drug-likeness (QED) is 0.0278. The van der Waals surface area contributed by atoms with Gasteiger partial charge in [-0.3, -0.25) is 14.4 Å². The Morgan fingerprint density at radius 2 is 1.68 bits per heavy atom. The maximum atomic E-state index is 13.8. The smallest absolute Gasteiger partial charge is 0.406 e. The Hall–Kier alpha value is -6.76. The number of aromatic nitrogens is 1. The number of benzene rings is 4. The van der Waals surface area contributed by atoms with Gasteiger partial charge in [0.25, 0.3) is 5.91 Å². The van der Waals surface area contributed by atoms with Crippen LogP contribution in [0.15, 0.2) is 84.9 Å². The second kappa shape index (κ2) is 26.3. The van der Waals surface area contributed by atoms with Crippen LogP contribution in [0.2, 0.25) is 0 Å². The highest BCUT2D eigenvalue weighted by Gasteiger charge is 2.43. The maximum Gasteiger partial charge on any atom is 0.406 e. The molecule has 5 aromatic rings. The number of amides is 3. The zero-order valence-corrected chi connectivity index (χ0v) is 44.7. The van der Waals surface area contributed by atoms with E-state index < -0.39 is 23.9 Å². The number of halogens is 3. The molecule has 3 radical (unpaired) electrons. The number of likely N-dealkylation sites (N-methyl/N-ethyl adjacent to an activating group) is 1. The number of ether oxygens (including phenoxy) is 4. The summed E-state index contributed by atoms with van der Waals surface area (Å²) in [7, 11) is 9.20. The van der Waals surface area contributed by atoms with Crippen molar-refractivity contribution in [2.45, 2.75) is 76.2 Å². The minimum absolute atomic E-state index is 0.0938. The summed E-state index contributed by atoms with van der Waals surface area (Å²) < 4.78 is 65.3. The monoisotopic (exact) mass is 1070 g/mol. The van der Waals surface area contributed by atoms with Gasteiger partial charge in [-0.15, -0.1) is 0 Å². The van der Waals surface area contributed by atoms with Crippen molar-refractivity contribution < 1.29 is 51.6 Å². The van der Waals surface area contributed by atoms with E-state index in [0.717, 1.165) is 54.0 Å². The fourth-order valence-electron chi connectivity index (χ4n) is 9.22. The summed E-state index contributed by atoms with van der Waals surface area (Å²) in [5.41, 5.74) is 6.03. The number of likely N-dealkylation sites (tertiary alicyclic amines) is 1. The van der Waals surface area contributed by atoms with E-state index in [1.54, 1.807) is 36.4 Å². The third-order valence-electron chi connectivity index (χ3n) is 13.6. The Labute approximate surface area is 445 Å². The van der Waals surface area contributed by atoms with Crippen molar-refractivity contribution in [1.29, 1.82) is 0 Å². The van der Waals surface area contributed by atoms with Gasteiger partial charge < -0.3 is 65.0 Å². The predicted molar refractivity (Wildman–Crippen MR) is 288 cm³/mol. The summed E-state index contributed by atoms with van der Waals surface area (Å²) in [6.45, 7) is 5.86. The maximum absolute atomic E-state index is 13.8. The van der Waals surface area contributed by atoms with E-state index in [9.17, 15) is 32.7 Å². The Balaban J connectivity index is 0.785. The number of nitrogens with one attached hydrogen (secondary N) is 5. The first-order valence-corrected chi connectivity index (χ1v) is 25.9. The predicted octanol–water partition coefficient (Wildman–Crippen LogP) is 5.83. The van der Waals surface area contributed by atoms with Gasteiger partial charge in [-0.25, -0.2) is 0 Å². The van der Waals surface area contributed by atoms with Gasteiger partial charge in [0.15, 0.2) is 0 Å². The topological polar surface area (TPSA) is 180 Å². The number of aliphatic hydroxyl groups is 1. The van der Waals surface area contributed by atoms with Gasteiger partial charge in [0, 0.05) is 54.6 Å². The van der Waals surface area contributed by atoms with Crippen molar-refractivity contribution in [3.8, 4) is 23.3 Å². The van der Waals surface area contributed by atoms with Crippen LogP contribution in [0.3, 0.4) is 0 Å². The Bertz CT molecular complexity index is 2850. The van der Waals surface area contributed by atoms with E-state index >= 15 is 0 Å². The SMILES string of the molecule is COc1cc(C(=O)NCCOCCOCC(=O)NCc2ccc(COc3ccc4c(c3)N(C)[C@]([Si])(C(C)C)C(=O)N[C@H](CO)C4)cc2)ccc1NCC#Cc1cc2c(NC3CCN(C)CC3)cccc2n1CC(F)(F)F. The van der Waals surface area contributed by atoms with Crippen molar-refractivity contribution in [3.05, 3.63) is 113 Å². The molecule has 0 unspecified atom stereocenters. The summed E-state index contributed by atoms with van der Waals surface area (Å²) in [5.74, 6) is 5.98. The van der Waals surface area contributed by atoms with Gasteiger partial charge in [0.1, 0.15) is 36.4 Å². The zero-order chi connectivity index (χ0) is 54.4. The molecular formula is C56H68F3N8O8Si. The van der Waals surface area contributed by atoms with E-state index in [2.05, 4.69) is 60.6 Å². The Morgan fingerprint density at radius 3 is 2.41 bits per heavy atom. The lowest BCUT2D eigenvalue weighted by molar-refractivity contribution is -0.140. The Morgan fingerprint density at radius 1 is 0.934 bits per heavy atom. The zero-order valence-electron chi connectivity index (χ0n) is 43.7. The summed E-state index contributed by atoms with van der Waals surface area (Å²) in [6, 6.07) is 25.2. The Kier molecular flexibility index (Phi) is 19.7. The van der Waals surface area contributed by atoms with Crippen molar-refractivity contribution in [2.75, 3.05) is 96.0 Å².